The summed E-state index contributed by atoms with van der Waals surface area (Å²) in [4.78, 5) is 0.0903. The van der Waals surface area contributed by atoms with Crippen molar-refractivity contribution in [2.75, 3.05) is 19.6 Å². The maximum atomic E-state index is 13.5. The molecule has 1 fully saturated rings. The number of halogens is 1. The molecule has 1 aromatic rings. The summed E-state index contributed by atoms with van der Waals surface area (Å²) < 4.78 is 40.2. The van der Waals surface area contributed by atoms with Crippen molar-refractivity contribution in [1.29, 1.82) is 0 Å². The Labute approximate surface area is 120 Å². The van der Waals surface area contributed by atoms with Crippen molar-refractivity contribution in [3.8, 4) is 0 Å². The van der Waals surface area contributed by atoms with Gasteiger partial charge in [0.05, 0.1) is 4.90 Å². The first-order valence-electron chi connectivity index (χ1n) is 6.94. The Kier molecular flexibility index (Phi) is 4.78. The molecule has 0 amide bonds. The average Bonchev–Trinajstić information content (AvgIpc) is 2.84. The fourth-order valence-corrected chi connectivity index (χ4v) is 4.23. The first-order valence-corrected chi connectivity index (χ1v) is 8.38. The SMILES string of the molecule is CCNCc1ccc(F)cc1S(=O)(=O)N1CCC(C)C1. The van der Waals surface area contributed by atoms with Crippen LogP contribution in [0.15, 0.2) is 23.1 Å². The molecule has 20 heavy (non-hydrogen) atoms. The van der Waals surface area contributed by atoms with E-state index in [1.807, 2.05) is 13.8 Å². The van der Waals surface area contributed by atoms with Crippen LogP contribution in [0.2, 0.25) is 0 Å². The molecule has 1 heterocycles. The van der Waals surface area contributed by atoms with Gasteiger partial charge in [-0.2, -0.15) is 4.31 Å². The summed E-state index contributed by atoms with van der Waals surface area (Å²) in [7, 11) is -3.60. The largest absolute Gasteiger partial charge is 0.313 e. The normalized spacial score (nSPS) is 20.4. The van der Waals surface area contributed by atoms with E-state index < -0.39 is 15.8 Å². The maximum Gasteiger partial charge on any atom is 0.243 e. The zero-order valence-electron chi connectivity index (χ0n) is 11.9. The molecule has 1 unspecified atom stereocenters. The van der Waals surface area contributed by atoms with Gasteiger partial charge in [-0.3, -0.25) is 0 Å². The summed E-state index contributed by atoms with van der Waals surface area (Å²) in [5.41, 5.74) is 0.618. The van der Waals surface area contributed by atoms with Crippen LogP contribution < -0.4 is 5.32 Å². The number of benzene rings is 1. The van der Waals surface area contributed by atoms with Gasteiger partial charge in [-0.25, -0.2) is 12.8 Å². The molecule has 1 atom stereocenters. The first-order chi connectivity index (χ1) is 9.45. The van der Waals surface area contributed by atoms with Crippen molar-refractivity contribution in [1.82, 2.24) is 9.62 Å². The van der Waals surface area contributed by atoms with E-state index in [9.17, 15) is 12.8 Å². The first kappa shape index (κ1) is 15.4. The molecule has 1 saturated heterocycles. The van der Waals surface area contributed by atoms with Crippen LogP contribution in [-0.2, 0) is 16.6 Å². The molecule has 0 saturated carbocycles. The molecular weight excluding hydrogens is 279 g/mol. The summed E-state index contributed by atoms with van der Waals surface area (Å²) in [6, 6.07) is 3.98. The lowest BCUT2D eigenvalue weighted by Gasteiger charge is -2.19. The van der Waals surface area contributed by atoms with Crippen molar-refractivity contribution in [3.05, 3.63) is 29.6 Å². The Morgan fingerprint density at radius 1 is 1.45 bits per heavy atom. The quantitative estimate of drug-likeness (QED) is 0.904. The van der Waals surface area contributed by atoms with E-state index in [-0.39, 0.29) is 4.90 Å². The highest BCUT2D eigenvalue weighted by Crippen LogP contribution is 2.26. The number of hydrogen-bond donors (Lipinski definition) is 1. The van der Waals surface area contributed by atoms with Crippen LogP contribution in [0.3, 0.4) is 0 Å². The lowest BCUT2D eigenvalue weighted by Crippen LogP contribution is -2.30. The van der Waals surface area contributed by atoms with Gasteiger partial charge in [0.2, 0.25) is 10.0 Å². The van der Waals surface area contributed by atoms with E-state index in [0.29, 0.717) is 31.1 Å². The third-order valence-electron chi connectivity index (χ3n) is 3.60. The van der Waals surface area contributed by atoms with Gasteiger partial charge in [0.25, 0.3) is 0 Å². The minimum Gasteiger partial charge on any atom is -0.313 e. The van der Waals surface area contributed by atoms with Gasteiger partial charge in [0.15, 0.2) is 0 Å². The standard InChI is InChI=1S/C14H21FN2O2S/c1-3-16-9-12-4-5-13(15)8-14(12)20(18,19)17-7-6-11(2)10-17/h4-5,8,11,16H,3,6-7,9-10H2,1-2H3. The molecule has 1 N–H and O–H groups in total. The molecule has 0 aliphatic carbocycles. The second-order valence-corrected chi connectivity index (χ2v) is 7.20. The van der Waals surface area contributed by atoms with E-state index in [1.54, 1.807) is 6.07 Å². The van der Waals surface area contributed by atoms with Gasteiger partial charge < -0.3 is 5.32 Å². The minimum atomic E-state index is -3.60. The summed E-state index contributed by atoms with van der Waals surface area (Å²) in [5.74, 6) is -0.161. The maximum absolute atomic E-state index is 13.5. The second-order valence-electron chi connectivity index (χ2n) is 5.29. The van der Waals surface area contributed by atoms with Crippen LogP contribution in [0.25, 0.3) is 0 Å². The van der Waals surface area contributed by atoms with Crippen LogP contribution in [0.5, 0.6) is 0 Å². The molecule has 1 aliphatic rings. The highest BCUT2D eigenvalue weighted by molar-refractivity contribution is 7.89. The van der Waals surface area contributed by atoms with Crippen molar-refractivity contribution < 1.29 is 12.8 Å². The number of nitrogens with zero attached hydrogens (tertiary/aromatic N) is 1. The van der Waals surface area contributed by atoms with E-state index in [1.165, 1.54) is 10.4 Å². The monoisotopic (exact) mass is 300 g/mol. The Morgan fingerprint density at radius 3 is 2.80 bits per heavy atom. The molecule has 1 aromatic carbocycles. The molecule has 6 heteroatoms. The number of nitrogens with one attached hydrogen (secondary N) is 1. The van der Waals surface area contributed by atoms with Crippen LogP contribution in [-0.4, -0.2) is 32.4 Å². The van der Waals surface area contributed by atoms with Crippen molar-refractivity contribution >= 4 is 10.0 Å². The third kappa shape index (κ3) is 3.19. The fourth-order valence-electron chi connectivity index (χ4n) is 2.43. The van der Waals surface area contributed by atoms with E-state index in [2.05, 4.69) is 5.32 Å². The van der Waals surface area contributed by atoms with Crippen molar-refractivity contribution in [3.63, 3.8) is 0 Å². The zero-order valence-corrected chi connectivity index (χ0v) is 12.7. The van der Waals surface area contributed by atoms with Crippen LogP contribution in [0.1, 0.15) is 25.8 Å². The Hall–Kier alpha value is -0.980. The highest BCUT2D eigenvalue weighted by atomic mass is 32.2. The van der Waals surface area contributed by atoms with Gasteiger partial charge in [0, 0.05) is 19.6 Å². The summed E-state index contributed by atoms with van der Waals surface area (Å²) in [6.45, 7) is 6.16. The van der Waals surface area contributed by atoms with Crippen LogP contribution in [0, 0.1) is 11.7 Å². The molecule has 1 aliphatic heterocycles. The summed E-state index contributed by atoms with van der Waals surface area (Å²) in [6.07, 6.45) is 0.858. The third-order valence-corrected chi connectivity index (χ3v) is 5.55. The Morgan fingerprint density at radius 2 is 2.20 bits per heavy atom. The number of rotatable bonds is 5. The molecule has 0 aromatic heterocycles. The van der Waals surface area contributed by atoms with Gasteiger partial charge >= 0.3 is 0 Å². The predicted octanol–water partition coefficient (Wildman–Crippen LogP) is 1.97. The highest BCUT2D eigenvalue weighted by Gasteiger charge is 2.32. The van der Waals surface area contributed by atoms with Crippen LogP contribution >= 0.6 is 0 Å². The number of hydrogen-bond acceptors (Lipinski definition) is 3. The van der Waals surface area contributed by atoms with Gasteiger partial charge in [-0.1, -0.05) is 19.9 Å². The second kappa shape index (κ2) is 6.20. The Balaban J connectivity index is 2.36. The van der Waals surface area contributed by atoms with Crippen molar-refractivity contribution in [2.24, 2.45) is 5.92 Å². The van der Waals surface area contributed by atoms with Crippen LogP contribution in [0.4, 0.5) is 4.39 Å². The van der Waals surface area contributed by atoms with E-state index in [4.69, 9.17) is 0 Å². The van der Waals surface area contributed by atoms with E-state index >= 15 is 0 Å². The Bertz CT molecular complexity index is 575. The molecular formula is C14H21FN2O2S. The van der Waals surface area contributed by atoms with Crippen molar-refractivity contribution in [2.45, 2.75) is 31.7 Å². The molecule has 0 spiro atoms. The molecule has 112 valence electrons. The molecule has 0 bridgehead atoms. The van der Waals surface area contributed by atoms with Gasteiger partial charge in [-0.15, -0.1) is 0 Å². The van der Waals surface area contributed by atoms with Gasteiger partial charge in [0.1, 0.15) is 5.82 Å². The average molecular weight is 300 g/mol. The molecule has 0 radical (unpaired) electrons. The van der Waals surface area contributed by atoms with Gasteiger partial charge in [-0.05, 0) is 36.6 Å². The fraction of sp³-hybridized carbons (Fsp3) is 0.571. The van der Waals surface area contributed by atoms with E-state index in [0.717, 1.165) is 19.0 Å². The molecule has 2 rings (SSSR count). The predicted molar refractivity (Wildman–Crippen MR) is 76.3 cm³/mol. The lowest BCUT2D eigenvalue weighted by atomic mass is 10.2. The lowest BCUT2D eigenvalue weighted by molar-refractivity contribution is 0.462. The number of sulfonamides is 1. The zero-order chi connectivity index (χ0) is 14.8. The topological polar surface area (TPSA) is 49.4 Å². The smallest absolute Gasteiger partial charge is 0.243 e. The summed E-state index contributed by atoms with van der Waals surface area (Å²) >= 11 is 0. The minimum absolute atomic E-state index is 0.0903. The molecule has 4 nitrogen and oxygen atoms in total. The summed E-state index contributed by atoms with van der Waals surface area (Å²) in [5, 5.41) is 3.09.